The first-order chi connectivity index (χ1) is 8.22. The molecule has 0 aliphatic carbocycles. The molecule has 2 heterocycles. The Balaban J connectivity index is 1.97. The van der Waals surface area contributed by atoms with Crippen molar-refractivity contribution < 1.29 is 9.21 Å². The van der Waals surface area contributed by atoms with Crippen molar-refractivity contribution in [2.24, 2.45) is 5.73 Å². The average molecular weight is 255 g/mol. The van der Waals surface area contributed by atoms with Crippen LogP contribution in [0.15, 0.2) is 10.7 Å². The summed E-state index contributed by atoms with van der Waals surface area (Å²) in [6.07, 6.45) is 5.32. The van der Waals surface area contributed by atoms with Gasteiger partial charge in [-0.15, -0.1) is 0 Å². The van der Waals surface area contributed by atoms with Gasteiger partial charge in [0.2, 0.25) is 5.89 Å². The van der Waals surface area contributed by atoms with Crippen molar-refractivity contribution in [3.8, 4) is 0 Å². The number of nitrogens with zero attached hydrogens (tertiary/aromatic N) is 2. The van der Waals surface area contributed by atoms with Crippen molar-refractivity contribution in [3.05, 3.63) is 17.8 Å². The van der Waals surface area contributed by atoms with Gasteiger partial charge in [0.25, 0.3) is 5.91 Å². The van der Waals surface area contributed by atoms with Crippen LogP contribution in [0.1, 0.15) is 35.3 Å². The normalized spacial score (nSPS) is 16.7. The predicted molar refractivity (Wildman–Crippen MR) is 67.0 cm³/mol. The number of amides is 1. The van der Waals surface area contributed by atoms with Gasteiger partial charge in [-0.25, -0.2) is 4.98 Å². The first-order valence-electron chi connectivity index (χ1n) is 5.71. The summed E-state index contributed by atoms with van der Waals surface area (Å²) in [6.45, 7) is 1.64. The maximum absolute atomic E-state index is 11.8. The van der Waals surface area contributed by atoms with E-state index in [0.29, 0.717) is 11.6 Å². The zero-order valence-corrected chi connectivity index (χ0v) is 10.7. The zero-order chi connectivity index (χ0) is 12.3. The van der Waals surface area contributed by atoms with E-state index in [4.69, 9.17) is 10.2 Å². The molecule has 1 aromatic rings. The molecule has 1 aromatic heterocycles. The Morgan fingerprint density at radius 2 is 2.47 bits per heavy atom. The number of aromatic nitrogens is 1. The molecule has 5 nitrogen and oxygen atoms in total. The average Bonchev–Trinajstić information content (AvgIpc) is 2.72. The van der Waals surface area contributed by atoms with Gasteiger partial charge < -0.3 is 15.1 Å². The van der Waals surface area contributed by atoms with E-state index >= 15 is 0 Å². The smallest absolute Gasteiger partial charge is 0.275 e. The van der Waals surface area contributed by atoms with Crippen molar-refractivity contribution in [3.63, 3.8) is 0 Å². The second kappa shape index (κ2) is 5.55. The van der Waals surface area contributed by atoms with Crippen molar-refractivity contribution in [2.75, 3.05) is 25.1 Å². The number of nitrogens with two attached hydrogens (primary N) is 1. The molecule has 94 valence electrons. The lowest BCUT2D eigenvalue weighted by Crippen LogP contribution is -2.42. The topological polar surface area (TPSA) is 72.4 Å². The molecule has 2 N–H and O–H groups in total. The molecule has 17 heavy (non-hydrogen) atoms. The van der Waals surface area contributed by atoms with Crippen LogP contribution in [0.25, 0.3) is 0 Å². The highest BCUT2D eigenvalue weighted by atomic mass is 32.2. The minimum atomic E-state index is -0.222. The standard InChI is InChI=1S/C11H17N3O2S/c1-17-6-3-8(12)10-13-9(7-16-10)11(15)14-4-2-5-14/h7-8H,2-6,12H2,1H3. The van der Waals surface area contributed by atoms with E-state index in [0.717, 1.165) is 31.7 Å². The molecule has 2 rings (SSSR count). The molecule has 1 fully saturated rings. The molecule has 1 aliphatic rings. The number of likely N-dealkylation sites (tertiary alicyclic amines) is 1. The molecule has 1 unspecified atom stereocenters. The number of hydrogen-bond donors (Lipinski definition) is 1. The molecule has 1 atom stereocenters. The highest BCUT2D eigenvalue weighted by Crippen LogP contribution is 2.17. The third-order valence-electron chi connectivity index (χ3n) is 2.83. The Bertz CT molecular complexity index is 390. The molecule has 1 saturated heterocycles. The van der Waals surface area contributed by atoms with E-state index in [1.165, 1.54) is 6.26 Å². The third kappa shape index (κ3) is 2.81. The van der Waals surface area contributed by atoms with Gasteiger partial charge in [-0.05, 0) is 24.9 Å². The van der Waals surface area contributed by atoms with E-state index in [1.807, 2.05) is 6.26 Å². The summed E-state index contributed by atoms with van der Waals surface area (Å²) in [5.74, 6) is 1.37. The van der Waals surface area contributed by atoms with Gasteiger partial charge in [-0.1, -0.05) is 0 Å². The lowest BCUT2D eigenvalue weighted by molar-refractivity contribution is 0.0645. The van der Waals surface area contributed by atoms with E-state index < -0.39 is 0 Å². The Hall–Kier alpha value is -1.01. The summed E-state index contributed by atoms with van der Waals surface area (Å²) in [6, 6.07) is -0.222. The Labute approximate surface area is 105 Å². The maximum atomic E-state index is 11.8. The predicted octanol–water partition coefficient (Wildman–Crippen LogP) is 1.27. The molecular weight excluding hydrogens is 238 g/mol. The quantitative estimate of drug-likeness (QED) is 0.858. The highest BCUT2D eigenvalue weighted by Gasteiger charge is 2.25. The molecule has 0 saturated carbocycles. The Morgan fingerprint density at radius 1 is 1.71 bits per heavy atom. The number of hydrogen-bond acceptors (Lipinski definition) is 5. The molecule has 0 spiro atoms. The molecule has 1 amide bonds. The van der Waals surface area contributed by atoms with Crippen LogP contribution in [-0.4, -0.2) is 40.9 Å². The van der Waals surface area contributed by atoms with Crippen molar-refractivity contribution in [1.82, 2.24) is 9.88 Å². The fourth-order valence-electron chi connectivity index (χ4n) is 1.61. The first-order valence-corrected chi connectivity index (χ1v) is 7.11. The van der Waals surface area contributed by atoms with E-state index in [1.54, 1.807) is 16.7 Å². The molecule has 0 radical (unpaired) electrons. The second-order valence-corrected chi connectivity index (χ2v) is 5.09. The molecule has 0 bridgehead atoms. The van der Waals surface area contributed by atoms with Crippen molar-refractivity contribution in [1.29, 1.82) is 0 Å². The number of carbonyl (C=O) groups is 1. The summed E-state index contributed by atoms with van der Waals surface area (Å²) >= 11 is 1.73. The second-order valence-electron chi connectivity index (χ2n) is 4.10. The fraction of sp³-hybridized carbons (Fsp3) is 0.636. The summed E-state index contributed by atoms with van der Waals surface area (Å²) in [7, 11) is 0. The molecule has 0 aromatic carbocycles. The zero-order valence-electron chi connectivity index (χ0n) is 9.89. The Morgan fingerprint density at radius 3 is 3.06 bits per heavy atom. The van der Waals surface area contributed by atoms with Crippen LogP contribution in [0, 0.1) is 0 Å². The highest BCUT2D eigenvalue weighted by molar-refractivity contribution is 7.98. The summed E-state index contributed by atoms with van der Waals surface area (Å²) < 4.78 is 5.27. The van der Waals surface area contributed by atoms with Gasteiger partial charge in [0.05, 0.1) is 6.04 Å². The van der Waals surface area contributed by atoms with Crippen molar-refractivity contribution in [2.45, 2.75) is 18.9 Å². The summed E-state index contributed by atoms with van der Waals surface area (Å²) in [4.78, 5) is 17.8. The van der Waals surface area contributed by atoms with Crippen LogP contribution >= 0.6 is 11.8 Å². The number of carbonyl (C=O) groups excluding carboxylic acids is 1. The van der Waals surface area contributed by atoms with Gasteiger partial charge in [0, 0.05) is 13.1 Å². The third-order valence-corrected chi connectivity index (χ3v) is 3.48. The lowest BCUT2D eigenvalue weighted by atomic mass is 10.2. The largest absolute Gasteiger partial charge is 0.446 e. The van der Waals surface area contributed by atoms with Crippen LogP contribution < -0.4 is 5.73 Å². The lowest BCUT2D eigenvalue weighted by Gasteiger charge is -2.29. The molecule has 1 aliphatic heterocycles. The number of thioether (sulfide) groups is 1. The minimum absolute atomic E-state index is 0.0525. The first kappa shape index (κ1) is 12.4. The Kier molecular flexibility index (Phi) is 4.06. The van der Waals surface area contributed by atoms with Gasteiger partial charge in [-0.3, -0.25) is 4.79 Å². The fourth-order valence-corrected chi connectivity index (χ4v) is 2.10. The van der Waals surface area contributed by atoms with E-state index in [2.05, 4.69) is 4.98 Å². The van der Waals surface area contributed by atoms with E-state index in [-0.39, 0.29) is 11.9 Å². The maximum Gasteiger partial charge on any atom is 0.275 e. The van der Waals surface area contributed by atoms with Crippen LogP contribution in [0.5, 0.6) is 0 Å². The molecular formula is C11H17N3O2S. The van der Waals surface area contributed by atoms with Gasteiger partial charge >= 0.3 is 0 Å². The van der Waals surface area contributed by atoms with Crippen LogP contribution in [-0.2, 0) is 0 Å². The van der Waals surface area contributed by atoms with Gasteiger partial charge in [0.1, 0.15) is 6.26 Å². The van der Waals surface area contributed by atoms with Gasteiger partial charge in [-0.2, -0.15) is 11.8 Å². The minimum Gasteiger partial charge on any atom is -0.446 e. The van der Waals surface area contributed by atoms with Crippen LogP contribution in [0.2, 0.25) is 0 Å². The summed E-state index contributed by atoms with van der Waals surface area (Å²) in [5.41, 5.74) is 6.30. The number of oxazole rings is 1. The molecule has 6 heteroatoms. The monoisotopic (exact) mass is 255 g/mol. The van der Waals surface area contributed by atoms with Crippen LogP contribution in [0.4, 0.5) is 0 Å². The van der Waals surface area contributed by atoms with Gasteiger partial charge in [0.15, 0.2) is 5.69 Å². The van der Waals surface area contributed by atoms with E-state index in [9.17, 15) is 4.79 Å². The van der Waals surface area contributed by atoms with Crippen molar-refractivity contribution >= 4 is 17.7 Å². The van der Waals surface area contributed by atoms with Crippen LogP contribution in [0.3, 0.4) is 0 Å². The summed E-state index contributed by atoms with van der Waals surface area (Å²) in [5, 5.41) is 0. The SMILES string of the molecule is CSCCC(N)c1nc(C(=O)N2CCC2)co1. The number of rotatable bonds is 5.